The van der Waals surface area contributed by atoms with Gasteiger partial charge in [-0.2, -0.15) is 0 Å². The fourth-order valence-corrected chi connectivity index (χ4v) is 3.11. The van der Waals surface area contributed by atoms with Gasteiger partial charge in [-0.1, -0.05) is 30.3 Å². The zero-order valence-electron chi connectivity index (χ0n) is 13.3. The second-order valence-corrected chi connectivity index (χ2v) is 6.10. The molecule has 24 heavy (non-hydrogen) atoms. The molecule has 0 N–H and O–H groups in total. The van der Waals surface area contributed by atoms with Gasteiger partial charge < -0.3 is 9.47 Å². The summed E-state index contributed by atoms with van der Waals surface area (Å²) in [4.78, 5) is 16.3. The first-order valence-electron chi connectivity index (χ1n) is 7.67. The smallest absolute Gasteiger partial charge is 0.331 e. The van der Waals surface area contributed by atoms with Gasteiger partial charge >= 0.3 is 5.97 Å². The number of hydrogen-bond donors (Lipinski definition) is 0. The lowest BCUT2D eigenvalue weighted by molar-refractivity contribution is -0.138. The first-order chi connectivity index (χ1) is 11.8. The van der Waals surface area contributed by atoms with E-state index in [2.05, 4.69) is 4.98 Å². The molecule has 0 saturated carbocycles. The summed E-state index contributed by atoms with van der Waals surface area (Å²) in [5.41, 5.74) is 1.77. The van der Waals surface area contributed by atoms with Gasteiger partial charge in [0.05, 0.1) is 16.8 Å². The second kappa shape index (κ2) is 7.75. The standard InChI is InChI=1S/C19H17NO3S/c1-2-22-16-9-5-3-7-14(16)11-12-19(21)23-13-18-20-15-8-4-6-10-17(15)24-18/h3-12H,2,13H2,1H3/b12-11+. The molecular formula is C19H17NO3S. The van der Waals surface area contributed by atoms with Gasteiger partial charge in [-0.05, 0) is 31.2 Å². The Kier molecular flexibility index (Phi) is 5.23. The second-order valence-electron chi connectivity index (χ2n) is 4.99. The fraction of sp³-hybridized carbons (Fsp3) is 0.158. The van der Waals surface area contributed by atoms with Gasteiger partial charge in [-0.3, -0.25) is 0 Å². The highest BCUT2D eigenvalue weighted by molar-refractivity contribution is 7.18. The number of rotatable bonds is 6. The van der Waals surface area contributed by atoms with Crippen LogP contribution < -0.4 is 4.74 Å². The summed E-state index contributed by atoms with van der Waals surface area (Å²) in [6.45, 7) is 2.68. The number of carbonyl (C=O) groups is 1. The van der Waals surface area contributed by atoms with Crippen LogP contribution >= 0.6 is 11.3 Å². The van der Waals surface area contributed by atoms with Crippen molar-refractivity contribution in [1.82, 2.24) is 4.98 Å². The molecule has 0 saturated heterocycles. The lowest BCUT2D eigenvalue weighted by atomic mass is 10.2. The molecule has 0 atom stereocenters. The Hall–Kier alpha value is -2.66. The average molecular weight is 339 g/mol. The SMILES string of the molecule is CCOc1ccccc1/C=C/C(=O)OCc1nc2ccccc2s1. The lowest BCUT2D eigenvalue weighted by Crippen LogP contribution is -2.00. The highest BCUT2D eigenvalue weighted by atomic mass is 32.1. The molecule has 5 heteroatoms. The Bertz CT molecular complexity index is 837. The van der Waals surface area contributed by atoms with Gasteiger partial charge in [0.15, 0.2) is 0 Å². The van der Waals surface area contributed by atoms with Crippen molar-refractivity contribution in [3.05, 3.63) is 65.2 Å². The number of carbonyl (C=O) groups excluding carboxylic acids is 1. The van der Waals surface area contributed by atoms with Crippen LogP contribution in [0.25, 0.3) is 16.3 Å². The third-order valence-electron chi connectivity index (χ3n) is 3.29. The van der Waals surface area contributed by atoms with Crippen LogP contribution in [0.1, 0.15) is 17.5 Å². The van der Waals surface area contributed by atoms with Crippen molar-refractivity contribution in [2.24, 2.45) is 0 Å². The van der Waals surface area contributed by atoms with E-state index in [-0.39, 0.29) is 6.61 Å². The van der Waals surface area contributed by atoms with E-state index >= 15 is 0 Å². The van der Waals surface area contributed by atoms with Crippen LogP contribution in [0, 0.1) is 0 Å². The van der Waals surface area contributed by atoms with Gasteiger partial charge in [0.25, 0.3) is 0 Å². The molecule has 3 rings (SSSR count). The summed E-state index contributed by atoms with van der Waals surface area (Å²) in [7, 11) is 0. The lowest BCUT2D eigenvalue weighted by Gasteiger charge is -2.06. The van der Waals surface area contributed by atoms with E-state index in [1.54, 1.807) is 6.08 Å². The predicted molar refractivity (Wildman–Crippen MR) is 96.1 cm³/mol. The largest absolute Gasteiger partial charge is 0.493 e. The van der Waals surface area contributed by atoms with Gasteiger partial charge in [-0.25, -0.2) is 9.78 Å². The van der Waals surface area contributed by atoms with Crippen LogP contribution in [-0.2, 0) is 16.1 Å². The fourth-order valence-electron chi connectivity index (χ4n) is 2.23. The Morgan fingerprint density at radius 2 is 1.96 bits per heavy atom. The van der Waals surface area contributed by atoms with Crippen LogP contribution in [-0.4, -0.2) is 17.6 Å². The number of ether oxygens (including phenoxy) is 2. The van der Waals surface area contributed by atoms with Crippen LogP contribution in [0.5, 0.6) is 5.75 Å². The van der Waals surface area contributed by atoms with E-state index in [4.69, 9.17) is 9.47 Å². The zero-order chi connectivity index (χ0) is 16.8. The van der Waals surface area contributed by atoms with Crippen molar-refractivity contribution in [2.45, 2.75) is 13.5 Å². The number of para-hydroxylation sites is 2. The minimum absolute atomic E-state index is 0.176. The molecule has 0 aliphatic carbocycles. The highest BCUT2D eigenvalue weighted by Crippen LogP contribution is 2.22. The number of fused-ring (bicyclic) bond motifs is 1. The normalized spacial score (nSPS) is 11.0. The summed E-state index contributed by atoms with van der Waals surface area (Å²) in [6.07, 6.45) is 3.11. The van der Waals surface area contributed by atoms with Gasteiger partial charge in [-0.15, -0.1) is 11.3 Å². The number of hydrogen-bond acceptors (Lipinski definition) is 5. The molecule has 1 aromatic heterocycles. The molecule has 0 unspecified atom stereocenters. The van der Waals surface area contributed by atoms with E-state index < -0.39 is 5.97 Å². The molecule has 0 spiro atoms. The minimum atomic E-state index is -0.402. The van der Waals surface area contributed by atoms with Crippen LogP contribution in [0.2, 0.25) is 0 Å². The molecule has 0 aliphatic rings. The maximum absolute atomic E-state index is 11.9. The van der Waals surface area contributed by atoms with Crippen LogP contribution in [0.15, 0.2) is 54.6 Å². The molecule has 1 heterocycles. The van der Waals surface area contributed by atoms with Crippen molar-refractivity contribution in [2.75, 3.05) is 6.61 Å². The third kappa shape index (κ3) is 4.00. The Labute approximate surface area is 144 Å². The van der Waals surface area contributed by atoms with E-state index in [0.29, 0.717) is 6.61 Å². The molecule has 0 bridgehead atoms. The van der Waals surface area contributed by atoms with Crippen LogP contribution in [0.4, 0.5) is 0 Å². The first-order valence-corrected chi connectivity index (χ1v) is 8.49. The number of benzene rings is 2. The number of nitrogens with zero attached hydrogens (tertiary/aromatic N) is 1. The minimum Gasteiger partial charge on any atom is -0.493 e. The Balaban J connectivity index is 1.61. The summed E-state index contributed by atoms with van der Waals surface area (Å²) in [5.74, 6) is 0.343. The molecule has 0 aliphatic heterocycles. The molecule has 122 valence electrons. The number of esters is 1. The average Bonchev–Trinajstić information content (AvgIpc) is 3.02. The van der Waals surface area contributed by atoms with Crippen molar-refractivity contribution in [3.63, 3.8) is 0 Å². The van der Waals surface area contributed by atoms with Gasteiger partial charge in [0, 0.05) is 11.6 Å². The molecule has 0 amide bonds. The van der Waals surface area contributed by atoms with Crippen molar-refractivity contribution in [1.29, 1.82) is 0 Å². The van der Waals surface area contributed by atoms with Crippen molar-refractivity contribution < 1.29 is 14.3 Å². The van der Waals surface area contributed by atoms with Gasteiger partial charge in [0.1, 0.15) is 17.4 Å². The van der Waals surface area contributed by atoms with Gasteiger partial charge in [0.2, 0.25) is 0 Å². The van der Waals surface area contributed by atoms with E-state index in [1.807, 2.05) is 55.5 Å². The maximum Gasteiger partial charge on any atom is 0.331 e. The Morgan fingerprint density at radius 3 is 2.79 bits per heavy atom. The van der Waals surface area contributed by atoms with Crippen molar-refractivity contribution >= 4 is 33.6 Å². The van der Waals surface area contributed by atoms with E-state index in [9.17, 15) is 4.79 Å². The molecule has 0 fully saturated rings. The number of aromatic nitrogens is 1. The summed E-state index contributed by atoms with van der Waals surface area (Å²) < 4.78 is 11.9. The Morgan fingerprint density at radius 1 is 1.17 bits per heavy atom. The number of thiazole rings is 1. The molecular weight excluding hydrogens is 322 g/mol. The van der Waals surface area contributed by atoms with Crippen LogP contribution in [0.3, 0.4) is 0 Å². The summed E-state index contributed by atoms with van der Waals surface area (Å²) in [6, 6.07) is 15.4. The molecule has 4 nitrogen and oxygen atoms in total. The zero-order valence-corrected chi connectivity index (χ0v) is 14.1. The molecule has 2 aromatic carbocycles. The van der Waals surface area contributed by atoms with Crippen molar-refractivity contribution in [3.8, 4) is 5.75 Å². The monoisotopic (exact) mass is 339 g/mol. The first kappa shape index (κ1) is 16.2. The molecule has 0 radical (unpaired) electrons. The topological polar surface area (TPSA) is 48.4 Å². The maximum atomic E-state index is 11.9. The quantitative estimate of drug-likeness (QED) is 0.492. The third-order valence-corrected chi connectivity index (χ3v) is 4.30. The predicted octanol–water partition coefficient (Wildman–Crippen LogP) is 4.45. The summed E-state index contributed by atoms with van der Waals surface area (Å²) >= 11 is 1.53. The molecule has 3 aromatic rings. The van der Waals surface area contributed by atoms with E-state index in [0.717, 1.165) is 26.5 Å². The van der Waals surface area contributed by atoms with E-state index in [1.165, 1.54) is 17.4 Å². The highest BCUT2D eigenvalue weighted by Gasteiger charge is 2.06. The summed E-state index contributed by atoms with van der Waals surface area (Å²) in [5, 5.41) is 0.785.